The number of nitro groups is 1. The number of ether oxygens (including phenoxy) is 5. The molecule has 2 rings (SSSR count). The van der Waals surface area contributed by atoms with Crippen molar-refractivity contribution in [2.45, 2.75) is 65.1 Å². The zero-order valence-electron chi connectivity index (χ0n) is 18.8. The molecule has 0 saturated carbocycles. The van der Waals surface area contributed by atoms with Crippen LogP contribution in [0.25, 0.3) is 0 Å². The number of carbonyl (C=O) groups is 4. The summed E-state index contributed by atoms with van der Waals surface area (Å²) >= 11 is 0. The number of benzene rings is 1. The molecular weight excluding hydrogens is 442 g/mol. The van der Waals surface area contributed by atoms with Gasteiger partial charge in [-0.25, -0.2) is 0 Å². The van der Waals surface area contributed by atoms with Gasteiger partial charge in [-0.15, -0.1) is 0 Å². The first-order valence-corrected chi connectivity index (χ1v) is 9.96. The van der Waals surface area contributed by atoms with Crippen LogP contribution in [0, 0.1) is 17.0 Å². The Morgan fingerprint density at radius 2 is 1.45 bits per heavy atom. The Balaban J connectivity index is 2.60. The van der Waals surface area contributed by atoms with Gasteiger partial charge in [0.25, 0.3) is 5.69 Å². The minimum atomic E-state index is -1.32. The molecule has 1 heterocycles. The Hall–Kier alpha value is -3.54. The van der Waals surface area contributed by atoms with Crippen LogP contribution in [0.2, 0.25) is 0 Å². The van der Waals surface area contributed by atoms with Crippen LogP contribution in [0.1, 0.15) is 44.9 Å². The van der Waals surface area contributed by atoms with Crippen LogP contribution in [0.4, 0.5) is 5.69 Å². The minimum Gasteiger partial charge on any atom is -0.463 e. The average molecular weight is 467 g/mol. The highest BCUT2D eigenvalue weighted by Crippen LogP contribution is 2.39. The van der Waals surface area contributed by atoms with Gasteiger partial charge in [0.2, 0.25) is 0 Å². The van der Waals surface area contributed by atoms with Crippen molar-refractivity contribution >= 4 is 29.6 Å². The lowest BCUT2D eigenvalue weighted by molar-refractivity contribution is -0.384. The molecule has 0 aliphatic carbocycles. The molecular formula is C21H25NO11. The number of hydrogen-bond acceptors (Lipinski definition) is 11. The third-order valence-electron chi connectivity index (χ3n) is 4.76. The monoisotopic (exact) mass is 467 g/mol. The second-order valence-electron chi connectivity index (χ2n) is 7.42. The van der Waals surface area contributed by atoms with Crippen LogP contribution in [-0.4, -0.2) is 59.8 Å². The molecule has 1 saturated heterocycles. The number of carbonyl (C=O) groups excluding carboxylic acids is 4. The molecule has 5 atom stereocenters. The molecule has 180 valence electrons. The molecule has 12 nitrogen and oxygen atoms in total. The summed E-state index contributed by atoms with van der Waals surface area (Å²) in [7, 11) is 0. The van der Waals surface area contributed by atoms with Crippen molar-refractivity contribution in [2.75, 3.05) is 6.61 Å². The van der Waals surface area contributed by atoms with E-state index in [2.05, 4.69) is 0 Å². The predicted molar refractivity (Wildman–Crippen MR) is 109 cm³/mol. The van der Waals surface area contributed by atoms with Gasteiger partial charge in [-0.3, -0.25) is 29.3 Å². The summed E-state index contributed by atoms with van der Waals surface area (Å²) in [5.74, 6) is -2.85. The third kappa shape index (κ3) is 6.72. The quantitative estimate of drug-likeness (QED) is 0.249. The molecule has 0 unspecified atom stereocenters. The first-order chi connectivity index (χ1) is 15.4. The number of aryl methyl sites for hydroxylation is 1. The molecule has 1 fully saturated rings. The van der Waals surface area contributed by atoms with E-state index in [0.29, 0.717) is 11.1 Å². The molecule has 1 aliphatic heterocycles. The van der Waals surface area contributed by atoms with Crippen LogP contribution in [-0.2, 0) is 42.9 Å². The Labute approximate surface area is 189 Å². The molecule has 0 bridgehead atoms. The van der Waals surface area contributed by atoms with E-state index in [-0.39, 0.29) is 12.3 Å². The topological polar surface area (TPSA) is 158 Å². The van der Waals surface area contributed by atoms with Gasteiger partial charge in [0.1, 0.15) is 18.8 Å². The van der Waals surface area contributed by atoms with E-state index in [9.17, 15) is 29.3 Å². The molecule has 0 radical (unpaired) electrons. The predicted octanol–water partition coefficient (Wildman–Crippen LogP) is 1.70. The second-order valence-corrected chi connectivity index (χ2v) is 7.42. The Morgan fingerprint density at radius 1 is 0.909 bits per heavy atom. The van der Waals surface area contributed by atoms with Crippen LogP contribution in [0.5, 0.6) is 0 Å². The fraction of sp³-hybridized carbons (Fsp3) is 0.524. The first kappa shape index (κ1) is 25.7. The number of rotatable bonds is 7. The molecule has 1 aromatic rings. The Bertz CT molecular complexity index is 944. The standard InChI is InChI=1S/C21H25NO11/c1-10-8-15(22(27)28)6-7-16(10)18-20(31-13(4)25)21(32-14(5)26)19(30-12(3)24)17(33-18)9-29-11(2)23/h6-8,17-21H,9H2,1-5H3/t17-,18+,19+,20+,21+/m1/s1. The average Bonchev–Trinajstić information content (AvgIpc) is 2.68. The van der Waals surface area contributed by atoms with E-state index in [1.165, 1.54) is 25.1 Å². The smallest absolute Gasteiger partial charge is 0.303 e. The number of hydrogen-bond donors (Lipinski definition) is 0. The lowest BCUT2D eigenvalue weighted by Crippen LogP contribution is -2.59. The van der Waals surface area contributed by atoms with E-state index >= 15 is 0 Å². The largest absolute Gasteiger partial charge is 0.463 e. The van der Waals surface area contributed by atoms with Crippen LogP contribution in [0.3, 0.4) is 0 Å². The van der Waals surface area contributed by atoms with Gasteiger partial charge < -0.3 is 23.7 Å². The zero-order chi connectivity index (χ0) is 24.9. The first-order valence-electron chi connectivity index (χ1n) is 9.96. The fourth-order valence-corrected chi connectivity index (χ4v) is 3.57. The molecule has 1 aliphatic rings. The van der Waals surface area contributed by atoms with Crippen molar-refractivity contribution in [1.82, 2.24) is 0 Å². The number of non-ortho nitro benzene ring substituents is 1. The van der Waals surface area contributed by atoms with Gasteiger partial charge in [-0.05, 0) is 24.1 Å². The van der Waals surface area contributed by atoms with E-state index in [4.69, 9.17) is 23.7 Å². The maximum Gasteiger partial charge on any atom is 0.303 e. The molecule has 0 aromatic heterocycles. The van der Waals surface area contributed by atoms with Gasteiger partial charge in [0.05, 0.1) is 4.92 Å². The van der Waals surface area contributed by atoms with Crippen molar-refractivity contribution in [3.63, 3.8) is 0 Å². The molecule has 0 N–H and O–H groups in total. The lowest BCUT2D eigenvalue weighted by Gasteiger charge is -2.44. The highest BCUT2D eigenvalue weighted by molar-refractivity contribution is 5.69. The Kier molecular flexibility index (Phi) is 8.46. The highest BCUT2D eigenvalue weighted by Gasteiger charge is 2.52. The van der Waals surface area contributed by atoms with Gasteiger partial charge in [-0.2, -0.15) is 0 Å². The SMILES string of the molecule is CC(=O)OC[C@H]1O[C@@H](c2ccc([N+](=O)[O-])cc2C)[C@H](OC(C)=O)[C@@H](OC(C)=O)[C@H]1OC(C)=O. The zero-order valence-corrected chi connectivity index (χ0v) is 18.8. The maximum absolute atomic E-state index is 11.9. The van der Waals surface area contributed by atoms with Crippen molar-refractivity contribution in [2.24, 2.45) is 0 Å². The minimum absolute atomic E-state index is 0.165. The molecule has 0 amide bonds. The third-order valence-corrected chi connectivity index (χ3v) is 4.76. The molecule has 1 aromatic carbocycles. The van der Waals surface area contributed by atoms with Crippen molar-refractivity contribution in [1.29, 1.82) is 0 Å². The molecule has 12 heteroatoms. The fourth-order valence-electron chi connectivity index (χ4n) is 3.57. The van der Waals surface area contributed by atoms with Crippen LogP contribution < -0.4 is 0 Å². The summed E-state index contributed by atoms with van der Waals surface area (Å²) in [6.07, 6.45) is -6.06. The van der Waals surface area contributed by atoms with Crippen LogP contribution >= 0.6 is 0 Å². The highest BCUT2D eigenvalue weighted by atomic mass is 16.7. The second kappa shape index (κ2) is 10.9. The molecule has 0 spiro atoms. The number of esters is 4. The van der Waals surface area contributed by atoms with Crippen molar-refractivity contribution in [3.8, 4) is 0 Å². The van der Waals surface area contributed by atoms with E-state index < -0.39 is 59.3 Å². The van der Waals surface area contributed by atoms with E-state index in [1.807, 2.05) is 0 Å². The van der Waals surface area contributed by atoms with Crippen molar-refractivity contribution < 1.29 is 47.8 Å². The molecule has 33 heavy (non-hydrogen) atoms. The summed E-state index contributed by atoms with van der Waals surface area (Å²) in [5.41, 5.74) is 0.671. The van der Waals surface area contributed by atoms with Crippen molar-refractivity contribution in [3.05, 3.63) is 39.4 Å². The number of nitro benzene ring substituents is 1. The Morgan fingerprint density at radius 3 is 1.94 bits per heavy atom. The maximum atomic E-state index is 11.9. The number of nitrogens with zero attached hydrogens (tertiary/aromatic N) is 1. The summed E-state index contributed by atoms with van der Waals surface area (Å²) in [5, 5.41) is 11.1. The summed E-state index contributed by atoms with van der Waals surface area (Å²) < 4.78 is 27.2. The normalized spacial score (nSPS) is 24.3. The van der Waals surface area contributed by atoms with Gasteiger partial charge in [0, 0.05) is 39.8 Å². The van der Waals surface area contributed by atoms with Crippen LogP contribution in [0.15, 0.2) is 18.2 Å². The lowest BCUT2D eigenvalue weighted by atomic mass is 9.88. The summed E-state index contributed by atoms with van der Waals surface area (Å²) in [6, 6.07) is 3.98. The van der Waals surface area contributed by atoms with E-state index in [1.54, 1.807) is 6.92 Å². The van der Waals surface area contributed by atoms with Gasteiger partial charge in [0.15, 0.2) is 18.3 Å². The summed E-state index contributed by atoms with van der Waals surface area (Å²) in [6.45, 7) is 5.79. The van der Waals surface area contributed by atoms with Gasteiger partial charge >= 0.3 is 23.9 Å². The van der Waals surface area contributed by atoms with Gasteiger partial charge in [-0.1, -0.05) is 0 Å². The summed E-state index contributed by atoms with van der Waals surface area (Å²) in [4.78, 5) is 57.5. The van der Waals surface area contributed by atoms with E-state index in [0.717, 1.165) is 20.8 Å².